The monoisotopic (exact) mass is 875 g/mol. The van der Waals surface area contributed by atoms with E-state index >= 15 is 0 Å². The summed E-state index contributed by atoms with van der Waals surface area (Å²) in [4.78, 5) is 2.39. The second-order valence-electron chi connectivity index (χ2n) is 19.3. The first-order valence-corrected chi connectivity index (χ1v) is 25.0. The number of rotatable bonds is 10. The van der Waals surface area contributed by atoms with Crippen molar-refractivity contribution in [3.8, 4) is 55.6 Å². The molecule has 1 nitrogen and oxygen atoms in total. The van der Waals surface area contributed by atoms with E-state index in [0.717, 1.165) is 24.2 Å². The first-order valence-electron chi connectivity index (χ1n) is 25.0. The fourth-order valence-corrected chi connectivity index (χ4v) is 12.6. The molecular weight excluding hydrogens is 819 g/mol. The molecule has 68 heavy (non-hydrogen) atoms. The molecule has 1 saturated carbocycles. The van der Waals surface area contributed by atoms with Crippen LogP contribution in [0, 0.1) is 0 Å². The molecule has 1 spiro atoms. The minimum atomic E-state index is -0.0745. The third-order valence-corrected chi connectivity index (χ3v) is 16.0. The molecule has 0 heterocycles. The first kappa shape index (κ1) is 41.9. The lowest BCUT2D eigenvalue weighted by Gasteiger charge is -2.36. The highest BCUT2D eigenvalue weighted by atomic mass is 15.1. The van der Waals surface area contributed by atoms with Gasteiger partial charge in [0.1, 0.15) is 0 Å². The van der Waals surface area contributed by atoms with Gasteiger partial charge in [0.15, 0.2) is 0 Å². The fraction of sp³-hybridized carbons (Fsp3) is 0.164. The smallest absolute Gasteiger partial charge is 0.0465 e. The second kappa shape index (κ2) is 17.3. The molecule has 0 aliphatic heterocycles. The first-order chi connectivity index (χ1) is 33.6. The molecule has 0 atom stereocenters. The van der Waals surface area contributed by atoms with E-state index in [2.05, 4.69) is 243 Å². The van der Waals surface area contributed by atoms with E-state index in [1.165, 1.54) is 127 Å². The summed E-state index contributed by atoms with van der Waals surface area (Å²) in [6.07, 6.45) is 13.0. The van der Waals surface area contributed by atoms with Crippen LogP contribution in [0.25, 0.3) is 67.8 Å². The molecule has 1 heteroatoms. The standard InChI is InChI=1S/C67H57N/c1-3-66(4-2)62-44-48(34-39-58(62)60-41-38-54(46-64(60)66)68(52-22-11-6-12-23-52)53-24-13-7-14-25-53)31-30-47-32-35-50(36-33-47)65-55(49-20-9-5-10-21-49)27-19-28-56(65)51-37-40-59-57-26-15-16-29-61(57)67(63(59)45-51)42-17-8-18-43-67/h5-7,9-16,19-41,44-46H,3-4,8,17-18,42-43H2,1-2H3/b31-30+. The molecule has 3 aliphatic carbocycles. The highest BCUT2D eigenvalue weighted by molar-refractivity contribution is 5.96. The summed E-state index contributed by atoms with van der Waals surface area (Å²) >= 11 is 0. The largest absolute Gasteiger partial charge is 0.310 e. The van der Waals surface area contributed by atoms with E-state index in [1.807, 2.05) is 0 Å². The molecule has 12 rings (SSSR count). The molecule has 0 N–H and O–H groups in total. The number of fused-ring (bicyclic) bond motifs is 8. The van der Waals surface area contributed by atoms with Gasteiger partial charge in [-0.25, -0.2) is 0 Å². The summed E-state index contributed by atoms with van der Waals surface area (Å²) < 4.78 is 0. The Balaban J connectivity index is 0.881. The maximum absolute atomic E-state index is 2.56. The van der Waals surface area contributed by atoms with Crippen molar-refractivity contribution in [3.05, 3.63) is 246 Å². The molecule has 0 bridgehead atoms. The third-order valence-electron chi connectivity index (χ3n) is 16.0. The maximum atomic E-state index is 2.56. The SMILES string of the molecule is CCC1(CC)c2cc(/C=C/c3ccc(-c4c(-c5ccccc5)cccc4-c4ccc5c(c4)C4(CCCCC4)c4ccccc4-5)cc3)ccc2-c2ccc(N(c3ccccc3)c3ccccc3)cc21. The molecule has 0 amide bonds. The average Bonchev–Trinajstić information content (AvgIpc) is 3.84. The van der Waals surface area contributed by atoms with E-state index in [1.54, 1.807) is 0 Å². The summed E-state index contributed by atoms with van der Waals surface area (Å²) in [7, 11) is 0. The van der Waals surface area contributed by atoms with E-state index < -0.39 is 0 Å². The van der Waals surface area contributed by atoms with Gasteiger partial charge in [0.25, 0.3) is 0 Å². The number of benzene rings is 9. The summed E-state index contributed by atoms with van der Waals surface area (Å²) in [6.45, 7) is 4.73. The van der Waals surface area contributed by atoms with Crippen LogP contribution in [0.4, 0.5) is 17.1 Å². The second-order valence-corrected chi connectivity index (χ2v) is 19.3. The lowest BCUT2D eigenvalue weighted by molar-refractivity contribution is 0.353. The Labute approximate surface area is 403 Å². The summed E-state index contributed by atoms with van der Waals surface area (Å²) in [6, 6.07) is 79.5. The van der Waals surface area contributed by atoms with Crippen molar-refractivity contribution in [2.45, 2.75) is 69.6 Å². The van der Waals surface area contributed by atoms with Crippen LogP contribution in [0.2, 0.25) is 0 Å². The highest BCUT2D eigenvalue weighted by Gasteiger charge is 2.44. The van der Waals surface area contributed by atoms with Crippen molar-refractivity contribution in [2.24, 2.45) is 0 Å². The third kappa shape index (κ3) is 6.90. The van der Waals surface area contributed by atoms with Crippen LogP contribution in [-0.4, -0.2) is 0 Å². The van der Waals surface area contributed by atoms with E-state index in [4.69, 9.17) is 0 Å². The molecule has 0 aromatic heterocycles. The Morgan fingerprint density at radius 2 is 0.882 bits per heavy atom. The zero-order valence-electron chi connectivity index (χ0n) is 39.3. The number of hydrogen-bond donors (Lipinski definition) is 0. The van der Waals surface area contributed by atoms with Crippen molar-refractivity contribution in [3.63, 3.8) is 0 Å². The predicted octanol–water partition coefficient (Wildman–Crippen LogP) is 18.6. The van der Waals surface area contributed by atoms with Crippen LogP contribution in [0.3, 0.4) is 0 Å². The molecule has 0 saturated heterocycles. The number of anilines is 3. The number of nitrogens with zero attached hydrogens (tertiary/aromatic N) is 1. The lowest BCUT2D eigenvalue weighted by atomic mass is 9.67. The van der Waals surface area contributed by atoms with Gasteiger partial charge in [-0.15, -0.1) is 0 Å². The van der Waals surface area contributed by atoms with Gasteiger partial charge in [-0.1, -0.05) is 215 Å². The average molecular weight is 876 g/mol. The van der Waals surface area contributed by atoms with Gasteiger partial charge in [0, 0.05) is 27.9 Å². The van der Waals surface area contributed by atoms with E-state index in [9.17, 15) is 0 Å². The van der Waals surface area contributed by atoms with Crippen molar-refractivity contribution in [2.75, 3.05) is 4.90 Å². The Morgan fingerprint density at radius 3 is 1.57 bits per heavy atom. The van der Waals surface area contributed by atoms with Crippen molar-refractivity contribution in [1.82, 2.24) is 0 Å². The van der Waals surface area contributed by atoms with Gasteiger partial charge < -0.3 is 4.90 Å². The van der Waals surface area contributed by atoms with E-state index in [-0.39, 0.29) is 10.8 Å². The molecule has 0 unspecified atom stereocenters. The Kier molecular flexibility index (Phi) is 10.7. The molecular formula is C67H57N. The van der Waals surface area contributed by atoms with Gasteiger partial charge in [0.2, 0.25) is 0 Å². The molecule has 9 aromatic rings. The molecule has 3 aliphatic rings. The normalized spacial score (nSPS) is 14.9. The Morgan fingerprint density at radius 1 is 0.368 bits per heavy atom. The summed E-state index contributed by atoms with van der Waals surface area (Å²) in [5.41, 5.74) is 25.1. The minimum Gasteiger partial charge on any atom is -0.310 e. The Bertz CT molecular complexity index is 3270. The van der Waals surface area contributed by atoms with Crippen LogP contribution in [0.15, 0.2) is 212 Å². The maximum Gasteiger partial charge on any atom is 0.0465 e. The lowest BCUT2D eigenvalue weighted by Crippen LogP contribution is -2.28. The predicted molar refractivity (Wildman–Crippen MR) is 289 cm³/mol. The summed E-state index contributed by atoms with van der Waals surface area (Å²) in [5, 5.41) is 0. The zero-order valence-corrected chi connectivity index (χ0v) is 39.3. The molecule has 330 valence electrons. The van der Waals surface area contributed by atoms with Crippen LogP contribution in [0.1, 0.15) is 92.2 Å². The van der Waals surface area contributed by atoms with Gasteiger partial charge >= 0.3 is 0 Å². The quantitative estimate of drug-likeness (QED) is 0.124. The molecule has 0 radical (unpaired) electrons. The van der Waals surface area contributed by atoms with E-state index in [0.29, 0.717) is 0 Å². The number of para-hydroxylation sites is 2. The van der Waals surface area contributed by atoms with Crippen LogP contribution in [0.5, 0.6) is 0 Å². The van der Waals surface area contributed by atoms with Crippen molar-refractivity contribution < 1.29 is 0 Å². The zero-order chi connectivity index (χ0) is 45.7. The molecule has 1 fully saturated rings. The van der Waals surface area contributed by atoms with Crippen LogP contribution < -0.4 is 4.90 Å². The topological polar surface area (TPSA) is 3.24 Å². The van der Waals surface area contributed by atoms with Gasteiger partial charge in [-0.3, -0.25) is 0 Å². The molecule has 9 aromatic carbocycles. The Hall–Kier alpha value is -7.48. The van der Waals surface area contributed by atoms with Crippen LogP contribution >= 0.6 is 0 Å². The van der Waals surface area contributed by atoms with Gasteiger partial charge in [-0.05, 0) is 157 Å². The van der Waals surface area contributed by atoms with Crippen molar-refractivity contribution in [1.29, 1.82) is 0 Å². The highest BCUT2D eigenvalue weighted by Crippen LogP contribution is 2.57. The van der Waals surface area contributed by atoms with Crippen LogP contribution in [-0.2, 0) is 10.8 Å². The van der Waals surface area contributed by atoms with Crippen molar-refractivity contribution >= 4 is 29.2 Å². The fourth-order valence-electron chi connectivity index (χ4n) is 12.6. The van der Waals surface area contributed by atoms with Gasteiger partial charge in [-0.2, -0.15) is 0 Å². The summed E-state index contributed by atoms with van der Waals surface area (Å²) in [5.74, 6) is 0. The van der Waals surface area contributed by atoms with Gasteiger partial charge in [0.05, 0.1) is 0 Å². The minimum absolute atomic E-state index is 0.0745. The number of hydrogen-bond acceptors (Lipinski definition) is 1.